The molecular weight excluding hydrogens is 495 g/mol. The summed E-state index contributed by atoms with van der Waals surface area (Å²) in [5, 5.41) is 17.3. The summed E-state index contributed by atoms with van der Waals surface area (Å²) in [7, 11) is 1.72. The number of hydrogen-bond acceptors (Lipinski definition) is 4. The second-order valence-electron chi connectivity index (χ2n) is 6.99. The number of aryl methyl sites for hydroxylation is 1. The highest BCUT2D eigenvalue weighted by atomic mass is 127. The molecule has 1 aliphatic rings. The molecule has 29 heavy (non-hydrogen) atoms. The van der Waals surface area contributed by atoms with E-state index in [9.17, 15) is 18.9 Å². The number of benzene rings is 1. The van der Waals surface area contributed by atoms with Gasteiger partial charge in [0.25, 0.3) is 12.1 Å². The van der Waals surface area contributed by atoms with Crippen LogP contribution in [0.15, 0.2) is 29.3 Å². The summed E-state index contributed by atoms with van der Waals surface area (Å²) < 4.78 is 24.9. The molecule has 164 valence electrons. The number of piperidine rings is 1. The molecule has 0 unspecified atom stereocenters. The van der Waals surface area contributed by atoms with Crippen LogP contribution in [-0.2, 0) is 6.42 Å². The lowest BCUT2D eigenvalue weighted by Crippen LogP contribution is -2.49. The van der Waals surface area contributed by atoms with E-state index in [1.54, 1.807) is 24.1 Å². The number of hydrogen-bond donors (Lipinski definition) is 2. The molecule has 1 aromatic carbocycles. The van der Waals surface area contributed by atoms with Gasteiger partial charge in [-0.1, -0.05) is 12.1 Å². The molecule has 7 nitrogen and oxygen atoms in total. The van der Waals surface area contributed by atoms with Crippen LogP contribution >= 0.6 is 24.0 Å². The van der Waals surface area contributed by atoms with Gasteiger partial charge >= 0.3 is 0 Å². The number of halogens is 3. The molecule has 0 saturated carbocycles. The Hall–Kier alpha value is -1.56. The lowest BCUT2D eigenvalue weighted by Gasteiger charge is -2.32. The largest absolute Gasteiger partial charge is 0.356 e. The van der Waals surface area contributed by atoms with Gasteiger partial charge in [0.05, 0.1) is 11.5 Å². The number of non-ortho nitro benzene ring substituents is 1. The summed E-state index contributed by atoms with van der Waals surface area (Å²) in [5.74, 6) is 0.739. The van der Waals surface area contributed by atoms with Gasteiger partial charge in [-0.3, -0.25) is 20.0 Å². The average molecular weight is 525 g/mol. The predicted molar refractivity (Wildman–Crippen MR) is 121 cm³/mol. The fourth-order valence-electron chi connectivity index (χ4n) is 3.29. The molecule has 0 atom stereocenters. The van der Waals surface area contributed by atoms with E-state index in [0.717, 1.165) is 50.2 Å². The summed E-state index contributed by atoms with van der Waals surface area (Å²) >= 11 is 0. The second kappa shape index (κ2) is 13.6. The van der Waals surface area contributed by atoms with Gasteiger partial charge in [-0.25, -0.2) is 8.78 Å². The van der Waals surface area contributed by atoms with Crippen LogP contribution in [0.4, 0.5) is 14.5 Å². The standard InChI is InChI=1S/C19H29F2N5O2.HI/c1-22-19(24-16-9-12-25(13-10-16)14-18(20)21)23-11-3-2-4-15-5-7-17(8-6-15)26(27)28;/h5-8,16,18H,2-4,9-14H2,1H3,(H2,22,23,24);1H. The number of rotatable bonds is 9. The molecule has 1 saturated heterocycles. The molecule has 1 fully saturated rings. The molecular formula is C19H30F2IN5O2. The van der Waals surface area contributed by atoms with E-state index in [4.69, 9.17) is 0 Å². The van der Waals surface area contributed by atoms with Crippen LogP contribution in [0.1, 0.15) is 31.2 Å². The van der Waals surface area contributed by atoms with Gasteiger partial charge in [0.1, 0.15) is 0 Å². The molecule has 0 spiro atoms. The maximum absolute atomic E-state index is 12.4. The first-order chi connectivity index (χ1) is 13.5. The Balaban J connectivity index is 0.00000420. The number of alkyl halides is 2. The van der Waals surface area contributed by atoms with E-state index in [1.165, 1.54) is 12.1 Å². The van der Waals surface area contributed by atoms with Gasteiger partial charge in [-0.2, -0.15) is 0 Å². The molecule has 0 amide bonds. The minimum Gasteiger partial charge on any atom is -0.356 e. The molecule has 0 aliphatic carbocycles. The number of likely N-dealkylation sites (tertiary alicyclic amines) is 1. The number of nitrogens with zero attached hydrogens (tertiary/aromatic N) is 3. The Morgan fingerprint density at radius 3 is 2.48 bits per heavy atom. The molecule has 1 heterocycles. The predicted octanol–water partition coefficient (Wildman–Crippen LogP) is 3.43. The Morgan fingerprint density at radius 1 is 1.28 bits per heavy atom. The van der Waals surface area contributed by atoms with Gasteiger partial charge in [-0.05, 0) is 37.7 Å². The maximum atomic E-state index is 12.4. The quantitative estimate of drug-likeness (QED) is 0.129. The van der Waals surface area contributed by atoms with Crippen molar-refractivity contribution in [1.29, 1.82) is 0 Å². The zero-order valence-corrected chi connectivity index (χ0v) is 19.0. The van der Waals surface area contributed by atoms with Gasteiger partial charge in [0, 0.05) is 44.9 Å². The molecule has 1 aromatic rings. The van der Waals surface area contributed by atoms with Crippen molar-refractivity contribution >= 4 is 35.6 Å². The van der Waals surface area contributed by atoms with Crippen molar-refractivity contribution in [2.24, 2.45) is 4.99 Å². The fourth-order valence-corrected chi connectivity index (χ4v) is 3.29. The molecule has 10 heteroatoms. The second-order valence-corrected chi connectivity index (χ2v) is 6.99. The molecule has 0 bridgehead atoms. The number of guanidine groups is 1. The SMILES string of the molecule is CN=C(NCCCCc1ccc([N+](=O)[O-])cc1)NC1CCN(CC(F)F)CC1.I. The number of nitro benzene ring substituents is 1. The van der Waals surface area contributed by atoms with Gasteiger partial charge in [-0.15, -0.1) is 24.0 Å². The molecule has 1 aliphatic heterocycles. The van der Waals surface area contributed by atoms with Crippen LogP contribution in [0.3, 0.4) is 0 Å². The first kappa shape index (κ1) is 25.5. The van der Waals surface area contributed by atoms with Crippen molar-refractivity contribution in [1.82, 2.24) is 15.5 Å². The summed E-state index contributed by atoms with van der Waals surface area (Å²) in [6.07, 6.45) is 2.17. The third-order valence-electron chi connectivity index (χ3n) is 4.88. The van der Waals surface area contributed by atoms with Crippen molar-refractivity contribution < 1.29 is 13.7 Å². The van der Waals surface area contributed by atoms with E-state index in [1.807, 2.05) is 0 Å². The Bertz CT molecular complexity index is 638. The highest BCUT2D eigenvalue weighted by Gasteiger charge is 2.21. The number of nitrogens with one attached hydrogen (secondary N) is 2. The summed E-state index contributed by atoms with van der Waals surface area (Å²) in [4.78, 5) is 16.3. The lowest BCUT2D eigenvalue weighted by atomic mass is 10.1. The summed E-state index contributed by atoms with van der Waals surface area (Å²) in [5.41, 5.74) is 1.20. The minimum atomic E-state index is -2.27. The zero-order chi connectivity index (χ0) is 20.4. The van der Waals surface area contributed by atoms with Crippen LogP contribution in [-0.4, -0.2) is 61.5 Å². The third kappa shape index (κ3) is 9.66. The van der Waals surface area contributed by atoms with Crippen LogP contribution in [0.5, 0.6) is 0 Å². The number of unbranched alkanes of at least 4 members (excludes halogenated alkanes) is 1. The Morgan fingerprint density at radius 2 is 1.93 bits per heavy atom. The normalized spacial score (nSPS) is 15.8. The van der Waals surface area contributed by atoms with Crippen molar-refractivity contribution in [3.8, 4) is 0 Å². The smallest absolute Gasteiger partial charge is 0.269 e. The third-order valence-corrected chi connectivity index (χ3v) is 4.88. The van der Waals surface area contributed by atoms with Gasteiger partial charge < -0.3 is 10.6 Å². The van der Waals surface area contributed by atoms with Crippen molar-refractivity contribution in [2.45, 2.75) is 44.6 Å². The number of nitro groups is 1. The Kier molecular flexibility index (Phi) is 12.0. The van der Waals surface area contributed by atoms with E-state index < -0.39 is 11.3 Å². The van der Waals surface area contributed by atoms with E-state index >= 15 is 0 Å². The molecule has 0 aromatic heterocycles. The van der Waals surface area contributed by atoms with E-state index in [0.29, 0.717) is 13.1 Å². The zero-order valence-electron chi connectivity index (χ0n) is 16.7. The molecule has 2 rings (SSSR count). The van der Waals surface area contributed by atoms with Crippen molar-refractivity contribution in [2.75, 3.05) is 33.2 Å². The van der Waals surface area contributed by atoms with E-state index in [2.05, 4.69) is 15.6 Å². The van der Waals surface area contributed by atoms with Gasteiger partial charge in [0.2, 0.25) is 0 Å². The highest BCUT2D eigenvalue weighted by molar-refractivity contribution is 14.0. The van der Waals surface area contributed by atoms with Crippen molar-refractivity contribution in [3.05, 3.63) is 39.9 Å². The monoisotopic (exact) mass is 525 g/mol. The van der Waals surface area contributed by atoms with Crippen LogP contribution in [0.2, 0.25) is 0 Å². The summed E-state index contributed by atoms with van der Waals surface area (Å²) in [6, 6.07) is 6.91. The van der Waals surface area contributed by atoms with Crippen LogP contribution in [0, 0.1) is 10.1 Å². The molecule has 2 N–H and O–H groups in total. The van der Waals surface area contributed by atoms with E-state index in [-0.39, 0.29) is 42.3 Å². The maximum Gasteiger partial charge on any atom is 0.269 e. The van der Waals surface area contributed by atoms with Gasteiger partial charge in [0.15, 0.2) is 5.96 Å². The first-order valence-electron chi connectivity index (χ1n) is 9.69. The summed E-state index contributed by atoms with van der Waals surface area (Å²) in [6.45, 7) is 1.98. The van der Waals surface area contributed by atoms with Crippen LogP contribution < -0.4 is 10.6 Å². The average Bonchev–Trinajstić information content (AvgIpc) is 2.68. The molecule has 0 radical (unpaired) electrons. The number of aliphatic imine (C=N–C) groups is 1. The topological polar surface area (TPSA) is 82.8 Å². The Labute approximate surface area is 187 Å². The first-order valence-corrected chi connectivity index (χ1v) is 9.69. The van der Waals surface area contributed by atoms with Crippen LogP contribution in [0.25, 0.3) is 0 Å². The lowest BCUT2D eigenvalue weighted by molar-refractivity contribution is -0.384. The van der Waals surface area contributed by atoms with Crippen molar-refractivity contribution in [3.63, 3.8) is 0 Å². The highest BCUT2D eigenvalue weighted by Crippen LogP contribution is 2.14. The minimum absolute atomic E-state index is 0. The fraction of sp³-hybridized carbons (Fsp3) is 0.632.